The average Bonchev–Trinajstić information content (AvgIpc) is 3.37. The second kappa shape index (κ2) is 9.02. The van der Waals surface area contributed by atoms with Crippen LogP contribution in [0.4, 0.5) is 15.2 Å². The van der Waals surface area contributed by atoms with Crippen molar-refractivity contribution < 1.29 is 9.18 Å². The van der Waals surface area contributed by atoms with Crippen LogP contribution in [0.1, 0.15) is 53.3 Å². The molecule has 0 atom stereocenters. The fraction of sp³-hybridized carbons (Fsp3) is 0.458. The molecule has 0 N–H and O–H groups in total. The van der Waals surface area contributed by atoms with Crippen LogP contribution in [0.25, 0.3) is 0 Å². The van der Waals surface area contributed by atoms with Gasteiger partial charge in [0.15, 0.2) is 5.13 Å². The molecule has 6 nitrogen and oxygen atoms in total. The maximum atomic E-state index is 13.6. The highest BCUT2D eigenvalue weighted by molar-refractivity contribution is 7.15. The van der Waals surface area contributed by atoms with Crippen molar-refractivity contribution in [2.24, 2.45) is 5.92 Å². The third-order valence-electron chi connectivity index (χ3n) is 6.21. The van der Waals surface area contributed by atoms with Gasteiger partial charge in [-0.1, -0.05) is 0 Å². The predicted octanol–water partition coefficient (Wildman–Crippen LogP) is 5.03. The quantitative estimate of drug-likeness (QED) is 0.503. The summed E-state index contributed by atoms with van der Waals surface area (Å²) in [6, 6.07) is 6.07. The molecule has 1 aromatic carbocycles. The summed E-state index contributed by atoms with van der Waals surface area (Å²) in [6.07, 6.45) is 9.86. The second-order valence-electron chi connectivity index (χ2n) is 8.79. The molecule has 2 fully saturated rings. The molecular formula is C24H28FN5OS. The number of aryl methyl sites for hydroxylation is 1. The van der Waals surface area contributed by atoms with Gasteiger partial charge in [0.1, 0.15) is 17.3 Å². The molecule has 1 aliphatic carbocycles. The smallest absolute Gasteiger partial charge is 0.278 e. The van der Waals surface area contributed by atoms with Gasteiger partial charge in [0, 0.05) is 42.6 Å². The normalized spacial score (nSPS) is 16.4. The van der Waals surface area contributed by atoms with Gasteiger partial charge in [0.25, 0.3) is 5.91 Å². The SMILES string of the molecule is Cc1nc(C(=O)N(Cc2cnc(N3CCCCC3)s2)c2ccc(F)cc2)cn1CC1CC1. The van der Waals surface area contributed by atoms with Gasteiger partial charge in [-0.15, -0.1) is 11.3 Å². The van der Waals surface area contributed by atoms with Gasteiger partial charge < -0.3 is 14.4 Å². The molecule has 1 saturated heterocycles. The van der Waals surface area contributed by atoms with Crippen LogP contribution < -0.4 is 9.80 Å². The molecule has 8 heteroatoms. The lowest BCUT2D eigenvalue weighted by Crippen LogP contribution is -2.30. The minimum Gasteiger partial charge on any atom is -0.348 e. The summed E-state index contributed by atoms with van der Waals surface area (Å²) < 4.78 is 15.6. The van der Waals surface area contributed by atoms with Crippen LogP contribution in [0, 0.1) is 18.7 Å². The van der Waals surface area contributed by atoms with Gasteiger partial charge >= 0.3 is 0 Å². The molecule has 1 amide bonds. The molecule has 0 spiro atoms. The predicted molar refractivity (Wildman–Crippen MR) is 125 cm³/mol. The van der Waals surface area contributed by atoms with E-state index in [2.05, 4.69) is 19.4 Å². The number of carbonyl (C=O) groups is 1. The van der Waals surface area contributed by atoms with Crippen LogP contribution >= 0.6 is 11.3 Å². The summed E-state index contributed by atoms with van der Waals surface area (Å²) in [5.74, 6) is 1.05. The molecule has 168 valence electrons. The summed E-state index contributed by atoms with van der Waals surface area (Å²) in [4.78, 5) is 27.7. The Morgan fingerprint density at radius 2 is 1.94 bits per heavy atom. The Morgan fingerprint density at radius 1 is 1.19 bits per heavy atom. The van der Waals surface area contributed by atoms with E-state index in [1.807, 2.05) is 19.3 Å². The fourth-order valence-electron chi connectivity index (χ4n) is 4.17. The number of piperidine rings is 1. The Labute approximate surface area is 191 Å². The molecule has 1 aliphatic heterocycles. The Kier molecular flexibility index (Phi) is 5.95. The molecule has 2 aromatic heterocycles. The molecule has 32 heavy (non-hydrogen) atoms. The largest absolute Gasteiger partial charge is 0.348 e. The van der Waals surface area contributed by atoms with Gasteiger partial charge in [0.2, 0.25) is 0 Å². The molecule has 3 aromatic rings. The third-order valence-corrected chi connectivity index (χ3v) is 7.26. The minimum atomic E-state index is -0.323. The van der Waals surface area contributed by atoms with Crippen molar-refractivity contribution in [1.29, 1.82) is 0 Å². The lowest BCUT2D eigenvalue weighted by atomic mass is 10.1. The van der Waals surface area contributed by atoms with E-state index < -0.39 is 0 Å². The molecule has 2 aliphatic rings. The van der Waals surface area contributed by atoms with Gasteiger partial charge in [-0.2, -0.15) is 0 Å². The number of anilines is 2. The molecule has 0 bridgehead atoms. The van der Waals surface area contributed by atoms with E-state index >= 15 is 0 Å². The first-order chi connectivity index (χ1) is 15.6. The zero-order chi connectivity index (χ0) is 22.1. The number of benzene rings is 1. The highest BCUT2D eigenvalue weighted by Gasteiger charge is 2.26. The van der Waals surface area contributed by atoms with Crippen molar-refractivity contribution in [3.8, 4) is 0 Å². The highest BCUT2D eigenvalue weighted by atomic mass is 32.1. The Bertz CT molecular complexity index is 1080. The molecular weight excluding hydrogens is 425 g/mol. The van der Waals surface area contributed by atoms with Crippen molar-refractivity contribution in [1.82, 2.24) is 14.5 Å². The Hall–Kier alpha value is -2.74. The van der Waals surface area contributed by atoms with E-state index in [1.54, 1.807) is 28.4 Å². The first-order valence-corrected chi connectivity index (χ1v) is 12.2. The molecule has 3 heterocycles. The van der Waals surface area contributed by atoms with E-state index in [0.29, 0.717) is 23.8 Å². The molecule has 0 radical (unpaired) electrons. The standard InChI is InChI=1S/C24H28FN5OS/c1-17-27-22(16-29(17)14-18-5-6-18)23(31)30(20-9-7-19(25)8-10-20)15-21-13-26-24(32-21)28-11-3-2-4-12-28/h7-10,13,16,18H,2-6,11-12,14-15H2,1H3. The number of imidazole rings is 1. The van der Waals surface area contributed by atoms with Crippen LogP contribution in [-0.2, 0) is 13.1 Å². The average molecular weight is 454 g/mol. The number of nitrogens with zero attached hydrogens (tertiary/aromatic N) is 5. The lowest BCUT2D eigenvalue weighted by Gasteiger charge is -2.26. The topological polar surface area (TPSA) is 54.3 Å². The van der Waals surface area contributed by atoms with Gasteiger partial charge in [0.05, 0.1) is 6.54 Å². The second-order valence-corrected chi connectivity index (χ2v) is 9.89. The number of carbonyl (C=O) groups excluding carboxylic acids is 1. The summed E-state index contributed by atoms with van der Waals surface area (Å²) in [6.45, 7) is 5.30. The van der Waals surface area contributed by atoms with E-state index in [4.69, 9.17) is 0 Å². The third kappa shape index (κ3) is 4.70. The van der Waals surface area contributed by atoms with Crippen LogP contribution in [0.3, 0.4) is 0 Å². The van der Waals surface area contributed by atoms with Gasteiger partial charge in [-0.05, 0) is 69.2 Å². The molecule has 5 rings (SSSR count). The van der Waals surface area contributed by atoms with Crippen molar-refractivity contribution in [2.75, 3.05) is 22.9 Å². The van der Waals surface area contributed by atoms with Gasteiger partial charge in [-0.25, -0.2) is 14.4 Å². The van der Waals surface area contributed by atoms with Crippen molar-refractivity contribution in [3.63, 3.8) is 0 Å². The Morgan fingerprint density at radius 3 is 2.66 bits per heavy atom. The monoisotopic (exact) mass is 453 g/mol. The van der Waals surface area contributed by atoms with E-state index in [9.17, 15) is 9.18 Å². The van der Waals surface area contributed by atoms with Crippen LogP contribution in [0.5, 0.6) is 0 Å². The number of hydrogen-bond donors (Lipinski definition) is 0. The number of hydrogen-bond acceptors (Lipinski definition) is 5. The fourth-order valence-corrected chi connectivity index (χ4v) is 5.12. The number of amides is 1. The lowest BCUT2D eigenvalue weighted by molar-refractivity contribution is 0.0981. The summed E-state index contributed by atoms with van der Waals surface area (Å²) >= 11 is 1.62. The Balaban J connectivity index is 1.40. The van der Waals surface area contributed by atoms with E-state index in [0.717, 1.165) is 35.5 Å². The van der Waals surface area contributed by atoms with Crippen LogP contribution in [0.2, 0.25) is 0 Å². The highest BCUT2D eigenvalue weighted by Crippen LogP contribution is 2.32. The number of thiazole rings is 1. The summed E-state index contributed by atoms with van der Waals surface area (Å²) in [7, 11) is 0. The summed E-state index contributed by atoms with van der Waals surface area (Å²) in [5, 5.41) is 1.01. The van der Waals surface area contributed by atoms with Crippen LogP contribution in [0.15, 0.2) is 36.7 Å². The van der Waals surface area contributed by atoms with Gasteiger partial charge in [-0.3, -0.25) is 4.79 Å². The zero-order valence-electron chi connectivity index (χ0n) is 18.3. The van der Waals surface area contributed by atoms with E-state index in [-0.39, 0.29) is 11.7 Å². The molecule has 1 saturated carbocycles. The maximum absolute atomic E-state index is 13.6. The first-order valence-electron chi connectivity index (χ1n) is 11.4. The summed E-state index contributed by atoms with van der Waals surface area (Å²) in [5.41, 5.74) is 1.08. The zero-order valence-corrected chi connectivity index (χ0v) is 19.2. The van der Waals surface area contributed by atoms with Crippen LogP contribution in [-0.4, -0.2) is 33.5 Å². The van der Waals surface area contributed by atoms with Crippen molar-refractivity contribution in [2.45, 2.75) is 52.1 Å². The van der Waals surface area contributed by atoms with E-state index in [1.165, 1.54) is 44.2 Å². The number of halogens is 1. The van der Waals surface area contributed by atoms with Crippen molar-refractivity contribution >= 4 is 28.1 Å². The first kappa shape index (κ1) is 21.1. The van der Waals surface area contributed by atoms with Crippen molar-refractivity contribution in [3.05, 3.63) is 58.9 Å². The number of rotatable bonds is 7. The maximum Gasteiger partial charge on any atom is 0.278 e. The molecule has 0 unspecified atom stereocenters. The number of aromatic nitrogens is 3. The minimum absolute atomic E-state index is 0.179.